The number of nitrogens with zero attached hydrogens (tertiary/aromatic N) is 12. The van der Waals surface area contributed by atoms with Crippen LogP contribution in [0.4, 0.5) is 5.69 Å². The molecule has 32 rings (SSSR count). The summed E-state index contributed by atoms with van der Waals surface area (Å²) in [5.41, 5.74) is 37.6. The van der Waals surface area contributed by atoms with Crippen molar-refractivity contribution < 1.29 is 47.5 Å². The molecule has 121 heavy (non-hydrogen) atoms. The van der Waals surface area contributed by atoms with Crippen molar-refractivity contribution in [1.82, 2.24) is 27.0 Å². The molecule has 10 aliphatic heterocycles. The van der Waals surface area contributed by atoms with Crippen molar-refractivity contribution in [1.29, 1.82) is 0 Å². The quantitative estimate of drug-likeness (QED) is 0.0984. The zero-order valence-electron chi connectivity index (χ0n) is 67.0. The molecule has 579 valence electrons. The Bertz CT molecular complexity index is 8430. The van der Waals surface area contributed by atoms with Crippen molar-refractivity contribution >= 4 is 172 Å². The van der Waals surface area contributed by atoms with E-state index in [0.717, 1.165) is 80.1 Å². The molecule has 0 bridgehead atoms. The Hall–Kier alpha value is -12.8. The summed E-state index contributed by atoms with van der Waals surface area (Å²) in [5.74, 6) is 2.16. The number of benzene rings is 12. The predicted molar refractivity (Wildman–Crippen MR) is 482 cm³/mol. The van der Waals surface area contributed by atoms with Crippen LogP contribution in [0.3, 0.4) is 0 Å². The second kappa shape index (κ2) is 26.3. The maximum atomic E-state index is 4.63. The van der Waals surface area contributed by atoms with Gasteiger partial charge in [0.2, 0.25) is 11.2 Å². The van der Waals surface area contributed by atoms with E-state index in [2.05, 4.69) is 290 Å². The fraction of sp³-hybridized carbons (Fsp3) is 0.151. The molecule has 0 N–H and O–H groups in total. The van der Waals surface area contributed by atoms with Crippen LogP contribution in [0.2, 0.25) is 0 Å². The van der Waals surface area contributed by atoms with Gasteiger partial charge in [0.1, 0.15) is 84.6 Å². The fourth-order valence-electron chi connectivity index (χ4n) is 22.6. The van der Waals surface area contributed by atoms with Gasteiger partial charge in [0, 0.05) is 138 Å². The Labute approximate surface area is 717 Å². The van der Waals surface area contributed by atoms with E-state index in [4.69, 9.17) is 0 Å². The smallest absolute Gasteiger partial charge is 0.337 e. The molecule has 1 radical (unpaired) electrons. The molecule has 20 heterocycles. The van der Waals surface area contributed by atoms with E-state index in [-0.39, 0.29) is 20.1 Å². The van der Waals surface area contributed by atoms with Gasteiger partial charge in [0.25, 0.3) is 28.8 Å². The third-order valence-electron chi connectivity index (χ3n) is 27.4. The summed E-state index contributed by atoms with van der Waals surface area (Å²) in [5, 5.41) is 22.2. The van der Waals surface area contributed by atoms with E-state index >= 15 is 0 Å². The normalized spacial score (nSPS) is 14.8. The number of hydrogen-bond acceptors (Lipinski definition) is 3. The Balaban J connectivity index is 0.0000000792. The minimum atomic E-state index is 0. The maximum Gasteiger partial charge on any atom is 0.493 e. The van der Waals surface area contributed by atoms with Gasteiger partial charge in [-0.05, 0) is 103 Å². The first-order chi connectivity index (χ1) is 59.2. The third-order valence-corrected chi connectivity index (χ3v) is 29.6. The maximum absolute atomic E-state index is 4.63. The predicted octanol–water partition coefficient (Wildman–Crippen LogP) is 20.6. The van der Waals surface area contributed by atoms with E-state index in [0.29, 0.717) is 0 Å². The summed E-state index contributed by atoms with van der Waals surface area (Å²) in [6.07, 6.45) is 23.5. The Kier molecular flexibility index (Phi) is 15.2. The van der Waals surface area contributed by atoms with Gasteiger partial charge < -0.3 is 4.40 Å². The first-order valence-corrected chi connectivity index (χ1v) is 44.3. The van der Waals surface area contributed by atoms with Crippen LogP contribution in [-0.4, -0.2) is 49.2 Å². The minimum absolute atomic E-state index is 0. The van der Waals surface area contributed by atoms with Gasteiger partial charge in [-0.3, -0.25) is 4.98 Å². The molecule has 0 saturated carbocycles. The molecule has 0 spiro atoms. The van der Waals surface area contributed by atoms with Crippen molar-refractivity contribution in [3.05, 3.63) is 352 Å². The van der Waals surface area contributed by atoms with Gasteiger partial charge in [-0.15, -0.1) is 47.5 Å². The number of rotatable bonds is 2. The Morgan fingerprint density at radius 3 is 1.51 bits per heavy atom. The van der Waals surface area contributed by atoms with Crippen LogP contribution in [0.15, 0.2) is 272 Å². The molecule has 0 aliphatic carbocycles. The topological polar surface area (TPSA) is 56.5 Å². The third kappa shape index (κ3) is 10.0. The van der Waals surface area contributed by atoms with Gasteiger partial charge >= 0.3 is 6.01 Å². The number of imidazole rings is 5. The standard InChI is InChI=1S/C26H21N2.C19H15N2.2C17H11N2S.C17H11N2.C10H9N2.Ir/c1-15-5-3-6-16(2)23(15)18-11-19-13-27-14-20-10-9-17-7-4-8-21-22(12-18)24(19)26(27)28(20)25(17)21;1-4-12-5-2-9-16-15-8-3-6-13-10-20-11-14(7-1)21(18(12)16)19(20)17(13)15;1-3-10-7-18-8-14-19-16-11(9-20-14)4-2-6-13(16)12(5-1)15(10)17(18)19;1-3-10-7-18-8-11-9-20-14-6-2-5-13-12(4-1)15(10)17(18)19(11)16(13)14;1-2-6-15-13(5-1)14-7-3-4-11-8-9-12-10-18-17(15)19(12)16(11)14;1-11-7-8-12(9-11)10-5-3-2-4-6-10;/h3-8,11-12,14H,9-10,13H2,1-2H3;2-3,5-6,8-9,11H,1,4,7,10H2;2*1-6,8H,7,9H2;1-5,7,10H,8-9H2;2-5,7-8H,1H3;/q4*+1;-1;+1;. The average molecular weight is 1780 g/mol. The number of para-hydroxylation sites is 6. The molecule has 12 nitrogen and oxygen atoms in total. The first kappa shape index (κ1) is 70.0. The van der Waals surface area contributed by atoms with Gasteiger partial charge in [-0.2, -0.15) is 35.8 Å². The summed E-state index contributed by atoms with van der Waals surface area (Å²) in [4.78, 5) is 6.05. The molecular formula is C106H78IrN12S2+4. The Morgan fingerprint density at radius 2 is 0.876 bits per heavy atom. The number of aromatic nitrogens is 10. The fourth-order valence-corrected chi connectivity index (χ4v) is 24.7. The van der Waals surface area contributed by atoms with Crippen molar-refractivity contribution in [2.75, 3.05) is 7.05 Å². The van der Waals surface area contributed by atoms with Crippen LogP contribution < -0.4 is 18.3 Å². The summed E-state index contributed by atoms with van der Waals surface area (Å²) in [6.45, 7) is 8.51. The van der Waals surface area contributed by atoms with Crippen molar-refractivity contribution in [2.45, 2.75) is 106 Å². The SMILES string of the molecule is C[N+]1=C=[N+](c2[c-]cccc2)C=C1.Cc1cccc(C)c1-c1cc2c3c(c1)c1cccc4c1n1c(c[n+](c31)C2)CC4.[Ir].[c-]1cccc2c1c1ncc3n1c1c(cccc21)CC3.c1cc2c3c(c1)c1cccc4c1n1c(c[n+](c31)C2)CCC4.c1cc2c3c(c1)c1cccc4c1n1c(c[n+](c31)C2)CS4.c1cc2c3c(c1)c1cccc4c1n1c(c[n+](c31)C2)SC4. The summed E-state index contributed by atoms with van der Waals surface area (Å²) in [6, 6.07) is 89.2. The largest absolute Gasteiger partial charge is 0.493 e. The summed E-state index contributed by atoms with van der Waals surface area (Å²) < 4.78 is 26.0. The van der Waals surface area contributed by atoms with Crippen molar-refractivity contribution in [2.24, 2.45) is 0 Å². The van der Waals surface area contributed by atoms with Gasteiger partial charge in [0.05, 0.1) is 37.8 Å². The zero-order chi connectivity index (χ0) is 78.6. The number of thioether (sulfide) groups is 2. The molecule has 0 amide bonds. The molecule has 0 atom stereocenters. The number of aryl methyl sites for hydroxylation is 8. The summed E-state index contributed by atoms with van der Waals surface area (Å²) in [7, 11) is 1.94. The van der Waals surface area contributed by atoms with E-state index in [1.165, 1.54) is 244 Å². The molecule has 0 unspecified atom stereocenters. The van der Waals surface area contributed by atoms with E-state index < -0.39 is 0 Å². The molecule has 15 heteroatoms. The minimum Gasteiger partial charge on any atom is -0.337 e. The van der Waals surface area contributed by atoms with Crippen LogP contribution in [0.1, 0.15) is 84.8 Å². The van der Waals surface area contributed by atoms with E-state index in [1.54, 1.807) is 0 Å². The average Bonchev–Trinajstić information content (AvgIpc) is 1.57. The monoisotopic (exact) mass is 1780 g/mol. The molecule has 10 aliphatic rings. The molecule has 22 aromatic rings. The molecule has 0 fully saturated rings. The number of fused-ring (bicyclic) bond motifs is 7. The first-order valence-electron chi connectivity index (χ1n) is 42.3. The van der Waals surface area contributed by atoms with Crippen molar-refractivity contribution in [3.63, 3.8) is 0 Å². The molecule has 0 saturated heterocycles. The van der Waals surface area contributed by atoms with Crippen LogP contribution in [0.25, 0.3) is 148 Å². The Morgan fingerprint density at radius 1 is 0.380 bits per heavy atom. The van der Waals surface area contributed by atoms with Crippen molar-refractivity contribution in [3.8, 4) is 11.1 Å². The molecule has 10 aromatic heterocycles. The van der Waals surface area contributed by atoms with E-state index in [9.17, 15) is 0 Å². The van der Waals surface area contributed by atoms with Crippen LogP contribution in [0.5, 0.6) is 0 Å². The van der Waals surface area contributed by atoms with Crippen LogP contribution >= 0.6 is 23.5 Å². The molecular weight excluding hydrogens is 1700 g/mol. The summed E-state index contributed by atoms with van der Waals surface area (Å²) >= 11 is 3.92. The van der Waals surface area contributed by atoms with Crippen LogP contribution in [-0.2, 0) is 96.3 Å². The second-order valence-corrected chi connectivity index (χ2v) is 36.2. The van der Waals surface area contributed by atoms with E-state index in [1.807, 2.05) is 88.7 Å². The number of pyridine rings is 5. The van der Waals surface area contributed by atoms with Gasteiger partial charge in [0.15, 0.2) is 18.3 Å². The molecule has 12 aromatic carbocycles. The second-order valence-electron chi connectivity index (χ2n) is 34.2. The number of hydrogen-bond donors (Lipinski definition) is 0. The van der Waals surface area contributed by atoms with Gasteiger partial charge in [-0.25, -0.2) is 18.3 Å². The zero-order valence-corrected chi connectivity index (χ0v) is 71.1. The van der Waals surface area contributed by atoms with Crippen LogP contribution in [0, 0.1) is 26.0 Å². The van der Waals surface area contributed by atoms with Gasteiger partial charge in [-0.1, -0.05) is 184 Å².